The normalized spacial score (nSPS) is 10.1. The van der Waals surface area contributed by atoms with Gasteiger partial charge in [0.25, 0.3) is 0 Å². The van der Waals surface area contributed by atoms with Crippen molar-refractivity contribution in [1.82, 2.24) is 10.9 Å². The van der Waals surface area contributed by atoms with E-state index in [4.69, 9.17) is 12.2 Å². The number of carbonyl (C=O) groups is 1. The highest BCUT2D eigenvalue weighted by atomic mass is 32.1. The van der Waals surface area contributed by atoms with Crippen LogP contribution < -0.4 is 16.2 Å². The van der Waals surface area contributed by atoms with Gasteiger partial charge in [-0.15, -0.1) is 11.3 Å². The summed E-state index contributed by atoms with van der Waals surface area (Å²) in [7, 11) is 0. The molecular weight excluding hydrogens is 314 g/mol. The molecule has 0 fully saturated rings. The number of hydrogen-bond acceptors (Lipinski definition) is 3. The maximum atomic E-state index is 11.8. The number of thiocarbonyl (C=S) groups is 1. The number of benzene rings is 1. The van der Waals surface area contributed by atoms with Crippen molar-refractivity contribution in [2.45, 2.75) is 26.7 Å². The predicted molar refractivity (Wildman–Crippen MR) is 96.1 cm³/mol. The molecule has 4 nitrogen and oxygen atoms in total. The molecule has 1 aromatic carbocycles. The van der Waals surface area contributed by atoms with Crippen LogP contribution in [0.4, 0.5) is 5.69 Å². The minimum atomic E-state index is -0.118. The first kappa shape index (κ1) is 16.5. The van der Waals surface area contributed by atoms with E-state index in [1.165, 1.54) is 5.56 Å². The third kappa shape index (κ3) is 4.54. The van der Waals surface area contributed by atoms with Gasteiger partial charge in [0.1, 0.15) is 0 Å². The fourth-order valence-corrected chi connectivity index (χ4v) is 2.95. The van der Waals surface area contributed by atoms with Gasteiger partial charge in [-0.3, -0.25) is 15.6 Å². The van der Waals surface area contributed by atoms with E-state index in [0.717, 1.165) is 22.5 Å². The largest absolute Gasteiger partial charge is 0.331 e. The lowest BCUT2D eigenvalue weighted by molar-refractivity contribution is -0.120. The summed E-state index contributed by atoms with van der Waals surface area (Å²) in [5.74, 6) is -0.118. The molecule has 116 valence electrons. The van der Waals surface area contributed by atoms with Crippen LogP contribution in [0.5, 0.6) is 0 Å². The molecule has 0 atom stereocenters. The second-order valence-electron chi connectivity index (χ2n) is 4.85. The topological polar surface area (TPSA) is 53.2 Å². The second-order valence-corrected chi connectivity index (χ2v) is 6.29. The van der Waals surface area contributed by atoms with Crippen molar-refractivity contribution in [3.8, 4) is 0 Å². The van der Waals surface area contributed by atoms with Gasteiger partial charge < -0.3 is 5.32 Å². The molecule has 0 bridgehead atoms. The number of hydrogen-bond donors (Lipinski definition) is 3. The Balaban J connectivity index is 1.87. The van der Waals surface area contributed by atoms with Gasteiger partial charge in [0.2, 0.25) is 5.91 Å². The van der Waals surface area contributed by atoms with E-state index in [-0.39, 0.29) is 5.91 Å². The van der Waals surface area contributed by atoms with E-state index in [1.54, 1.807) is 11.3 Å². The average Bonchev–Trinajstić information content (AvgIpc) is 3.00. The summed E-state index contributed by atoms with van der Waals surface area (Å²) >= 11 is 6.79. The van der Waals surface area contributed by atoms with Crippen LogP contribution in [0, 0.1) is 6.92 Å². The SMILES string of the molecule is CCc1cccc(C)c1NC(=S)NNC(=O)Cc1cccs1. The number of aryl methyl sites for hydroxylation is 2. The Hall–Kier alpha value is -1.92. The Morgan fingerprint density at radius 2 is 2.05 bits per heavy atom. The van der Waals surface area contributed by atoms with Gasteiger partial charge in [-0.2, -0.15) is 0 Å². The molecule has 1 heterocycles. The summed E-state index contributed by atoms with van der Waals surface area (Å²) in [6.45, 7) is 4.12. The van der Waals surface area contributed by atoms with E-state index in [1.807, 2.05) is 36.6 Å². The molecule has 1 amide bonds. The van der Waals surface area contributed by atoms with Gasteiger partial charge in [-0.05, 0) is 48.1 Å². The van der Waals surface area contributed by atoms with Crippen LogP contribution in [0.25, 0.3) is 0 Å². The van der Waals surface area contributed by atoms with E-state index in [2.05, 4.69) is 29.2 Å². The molecule has 0 aliphatic carbocycles. The van der Waals surface area contributed by atoms with Crippen LogP contribution in [-0.2, 0) is 17.6 Å². The van der Waals surface area contributed by atoms with Gasteiger partial charge in [0, 0.05) is 10.6 Å². The van der Waals surface area contributed by atoms with Crippen LogP contribution in [-0.4, -0.2) is 11.0 Å². The van der Waals surface area contributed by atoms with Crippen LogP contribution >= 0.6 is 23.6 Å². The van der Waals surface area contributed by atoms with E-state index in [0.29, 0.717) is 11.5 Å². The Kier molecular flexibility index (Phi) is 5.91. The molecule has 0 saturated carbocycles. The van der Waals surface area contributed by atoms with Crippen molar-refractivity contribution >= 4 is 40.3 Å². The molecule has 2 rings (SSSR count). The number of para-hydroxylation sites is 1. The Morgan fingerprint density at radius 1 is 1.23 bits per heavy atom. The maximum absolute atomic E-state index is 11.8. The number of carbonyl (C=O) groups excluding carboxylic acids is 1. The summed E-state index contributed by atoms with van der Waals surface area (Å²) in [6.07, 6.45) is 1.26. The standard InChI is InChI=1S/C16H19N3OS2/c1-3-12-7-4-6-11(2)15(12)17-16(21)19-18-14(20)10-13-8-5-9-22-13/h4-9H,3,10H2,1-2H3,(H,18,20)(H2,17,19,21). The molecule has 6 heteroatoms. The highest BCUT2D eigenvalue weighted by Gasteiger charge is 2.08. The molecule has 3 N–H and O–H groups in total. The quantitative estimate of drug-likeness (QED) is 0.594. The van der Waals surface area contributed by atoms with Gasteiger partial charge in [0.05, 0.1) is 6.42 Å². The van der Waals surface area contributed by atoms with Gasteiger partial charge >= 0.3 is 0 Å². The number of thiophene rings is 1. The minimum absolute atomic E-state index is 0.118. The molecule has 0 aliphatic heterocycles. The van der Waals surface area contributed by atoms with E-state index in [9.17, 15) is 4.79 Å². The van der Waals surface area contributed by atoms with Crippen molar-refractivity contribution < 1.29 is 4.79 Å². The third-order valence-corrected chi connectivity index (χ3v) is 4.29. The lowest BCUT2D eigenvalue weighted by atomic mass is 10.1. The van der Waals surface area contributed by atoms with Crippen molar-refractivity contribution in [2.24, 2.45) is 0 Å². The van der Waals surface area contributed by atoms with E-state index >= 15 is 0 Å². The predicted octanol–water partition coefficient (Wildman–Crippen LogP) is 3.18. The molecule has 0 radical (unpaired) electrons. The smallest absolute Gasteiger partial charge is 0.243 e. The van der Waals surface area contributed by atoms with Crippen molar-refractivity contribution in [1.29, 1.82) is 0 Å². The maximum Gasteiger partial charge on any atom is 0.243 e. The first-order valence-electron chi connectivity index (χ1n) is 7.07. The zero-order chi connectivity index (χ0) is 15.9. The molecular formula is C16H19N3OS2. The monoisotopic (exact) mass is 333 g/mol. The molecule has 0 saturated heterocycles. The summed E-state index contributed by atoms with van der Waals surface area (Å²) in [5, 5.41) is 5.48. The fraction of sp³-hybridized carbons (Fsp3) is 0.250. The summed E-state index contributed by atoms with van der Waals surface area (Å²) in [5.41, 5.74) is 8.66. The highest BCUT2D eigenvalue weighted by molar-refractivity contribution is 7.80. The number of hydrazine groups is 1. The molecule has 0 unspecified atom stereocenters. The van der Waals surface area contributed by atoms with Gasteiger partial charge in [-0.25, -0.2) is 0 Å². The molecule has 2 aromatic rings. The highest BCUT2D eigenvalue weighted by Crippen LogP contribution is 2.20. The Bertz CT molecular complexity index is 653. The molecule has 0 aliphatic rings. The fourth-order valence-electron chi connectivity index (χ4n) is 2.09. The zero-order valence-electron chi connectivity index (χ0n) is 12.6. The Labute approximate surface area is 139 Å². The summed E-state index contributed by atoms with van der Waals surface area (Å²) < 4.78 is 0. The van der Waals surface area contributed by atoms with Crippen molar-refractivity contribution in [3.63, 3.8) is 0 Å². The number of amides is 1. The van der Waals surface area contributed by atoms with Crippen molar-refractivity contribution in [3.05, 3.63) is 51.7 Å². The van der Waals surface area contributed by atoms with Crippen LogP contribution in [0.15, 0.2) is 35.7 Å². The number of nitrogens with one attached hydrogen (secondary N) is 3. The zero-order valence-corrected chi connectivity index (χ0v) is 14.2. The number of anilines is 1. The van der Waals surface area contributed by atoms with Gasteiger partial charge in [-0.1, -0.05) is 31.2 Å². The first-order valence-corrected chi connectivity index (χ1v) is 8.35. The van der Waals surface area contributed by atoms with Crippen LogP contribution in [0.1, 0.15) is 22.9 Å². The van der Waals surface area contributed by atoms with Crippen molar-refractivity contribution in [2.75, 3.05) is 5.32 Å². The van der Waals surface area contributed by atoms with E-state index < -0.39 is 0 Å². The van der Waals surface area contributed by atoms with Gasteiger partial charge in [0.15, 0.2) is 5.11 Å². The third-order valence-electron chi connectivity index (χ3n) is 3.21. The summed E-state index contributed by atoms with van der Waals surface area (Å²) in [4.78, 5) is 12.8. The molecule has 22 heavy (non-hydrogen) atoms. The lowest BCUT2D eigenvalue weighted by Crippen LogP contribution is -2.44. The summed E-state index contributed by atoms with van der Waals surface area (Å²) in [6, 6.07) is 9.98. The van der Waals surface area contributed by atoms with Crippen LogP contribution in [0.2, 0.25) is 0 Å². The minimum Gasteiger partial charge on any atom is -0.331 e. The molecule has 1 aromatic heterocycles. The molecule has 0 spiro atoms. The second kappa shape index (κ2) is 7.91. The van der Waals surface area contributed by atoms with Crippen LogP contribution in [0.3, 0.4) is 0 Å². The number of rotatable bonds is 4. The average molecular weight is 333 g/mol. The lowest BCUT2D eigenvalue weighted by Gasteiger charge is -2.16. The Morgan fingerprint density at radius 3 is 2.73 bits per heavy atom. The first-order chi connectivity index (χ1) is 10.6.